The summed E-state index contributed by atoms with van der Waals surface area (Å²) in [6.07, 6.45) is 8.67. The van der Waals surface area contributed by atoms with Crippen molar-refractivity contribution in [3.05, 3.63) is 0 Å². The van der Waals surface area contributed by atoms with Gasteiger partial charge in [-0.1, -0.05) is 13.8 Å². The zero-order chi connectivity index (χ0) is 17.3. The average Bonchev–Trinajstić information content (AvgIpc) is 3.24. The molecule has 0 saturated heterocycles. The van der Waals surface area contributed by atoms with Crippen molar-refractivity contribution in [1.82, 2.24) is 0 Å². The molecule has 3 rings (SSSR count). The van der Waals surface area contributed by atoms with E-state index in [9.17, 15) is 9.59 Å². The first kappa shape index (κ1) is 17.8. The SMILES string of the molecule is CCC(CC)C(=O)OC1CC2CC(C(=O)OC3(C)CCCC3)C1C2. The van der Waals surface area contributed by atoms with Gasteiger partial charge in [0.15, 0.2) is 0 Å². The van der Waals surface area contributed by atoms with Gasteiger partial charge in [0.1, 0.15) is 11.7 Å². The number of hydrogen-bond donors (Lipinski definition) is 0. The molecule has 24 heavy (non-hydrogen) atoms. The normalized spacial score (nSPS) is 33.8. The molecular weight excluding hydrogens is 304 g/mol. The van der Waals surface area contributed by atoms with Crippen molar-refractivity contribution in [3.63, 3.8) is 0 Å². The lowest BCUT2D eigenvalue weighted by Gasteiger charge is -2.32. The van der Waals surface area contributed by atoms with Crippen LogP contribution in [0.1, 0.15) is 78.6 Å². The van der Waals surface area contributed by atoms with Crippen LogP contribution < -0.4 is 0 Å². The molecule has 0 aliphatic heterocycles. The quantitative estimate of drug-likeness (QED) is 0.680. The highest BCUT2D eigenvalue weighted by atomic mass is 16.6. The molecule has 0 aromatic heterocycles. The van der Waals surface area contributed by atoms with E-state index in [1.807, 2.05) is 13.8 Å². The molecule has 0 amide bonds. The maximum Gasteiger partial charge on any atom is 0.309 e. The first-order chi connectivity index (χ1) is 11.5. The summed E-state index contributed by atoms with van der Waals surface area (Å²) in [6, 6.07) is 0. The first-order valence-electron chi connectivity index (χ1n) is 9.89. The second-order valence-corrected chi connectivity index (χ2v) is 8.41. The van der Waals surface area contributed by atoms with Crippen molar-refractivity contribution >= 4 is 11.9 Å². The number of ether oxygens (including phenoxy) is 2. The van der Waals surface area contributed by atoms with Crippen molar-refractivity contribution in [1.29, 1.82) is 0 Å². The maximum atomic E-state index is 12.7. The summed E-state index contributed by atoms with van der Waals surface area (Å²) in [5.41, 5.74) is -0.263. The molecule has 0 aromatic carbocycles. The van der Waals surface area contributed by atoms with E-state index in [1.54, 1.807) is 0 Å². The second kappa shape index (κ2) is 7.05. The molecule has 4 heteroatoms. The summed E-state index contributed by atoms with van der Waals surface area (Å²) >= 11 is 0. The van der Waals surface area contributed by atoms with E-state index in [0.717, 1.165) is 57.8 Å². The highest BCUT2D eigenvalue weighted by molar-refractivity contribution is 5.75. The number of esters is 2. The van der Waals surface area contributed by atoms with Crippen LogP contribution in [0.4, 0.5) is 0 Å². The Labute approximate surface area is 145 Å². The Morgan fingerprint density at radius 1 is 1.08 bits per heavy atom. The Morgan fingerprint density at radius 3 is 2.33 bits per heavy atom. The van der Waals surface area contributed by atoms with E-state index in [4.69, 9.17) is 9.47 Å². The molecule has 136 valence electrons. The molecule has 0 N–H and O–H groups in total. The number of carbonyl (C=O) groups excluding carboxylic acids is 2. The molecule has 0 spiro atoms. The van der Waals surface area contributed by atoms with Crippen molar-refractivity contribution in [2.45, 2.75) is 90.3 Å². The zero-order valence-electron chi connectivity index (χ0n) is 15.4. The van der Waals surface area contributed by atoms with Crippen LogP contribution in [0.5, 0.6) is 0 Å². The van der Waals surface area contributed by atoms with Crippen LogP contribution in [0.25, 0.3) is 0 Å². The van der Waals surface area contributed by atoms with Gasteiger partial charge in [-0.15, -0.1) is 0 Å². The molecule has 0 heterocycles. The molecule has 3 aliphatic rings. The fourth-order valence-electron chi connectivity index (χ4n) is 5.10. The molecule has 0 aromatic rings. The fraction of sp³-hybridized carbons (Fsp3) is 0.900. The molecule has 2 bridgehead atoms. The average molecular weight is 336 g/mol. The third-order valence-electron chi connectivity index (χ3n) is 6.65. The Bertz CT molecular complexity index is 476. The van der Waals surface area contributed by atoms with E-state index in [0.29, 0.717) is 5.92 Å². The van der Waals surface area contributed by atoms with Crippen LogP contribution in [0.3, 0.4) is 0 Å². The third-order valence-corrected chi connectivity index (χ3v) is 6.65. The van der Waals surface area contributed by atoms with Crippen LogP contribution in [-0.2, 0) is 19.1 Å². The summed E-state index contributed by atoms with van der Waals surface area (Å²) in [5.74, 6) is 0.490. The number of hydrogen-bond acceptors (Lipinski definition) is 4. The van der Waals surface area contributed by atoms with Gasteiger partial charge in [-0.3, -0.25) is 9.59 Å². The molecule has 4 unspecified atom stereocenters. The van der Waals surface area contributed by atoms with Crippen LogP contribution >= 0.6 is 0 Å². The summed E-state index contributed by atoms with van der Waals surface area (Å²) in [7, 11) is 0. The van der Waals surface area contributed by atoms with E-state index >= 15 is 0 Å². The number of fused-ring (bicyclic) bond motifs is 2. The van der Waals surface area contributed by atoms with E-state index in [-0.39, 0.29) is 41.4 Å². The van der Waals surface area contributed by atoms with E-state index < -0.39 is 0 Å². The standard InChI is InChI=1S/C20H32O4/c1-4-14(5-2)18(21)23-17-12-13-10-15(17)16(11-13)19(22)24-20(3)8-6-7-9-20/h13-17H,4-12H2,1-3H3. The lowest BCUT2D eigenvalue weighted by atomic mass is 9.86. The molecule has 4 atom stereocenters. The molecule has 0 radical (unpaired) electrons. The molecule has 3 aliphatic carbocycles. The van der Waals surface area contributed by atoms with Crippen LogP contribution in [0.2, 0.25) is 0 Å². The van der Waals surface area contributed by atoms with Crippen LogP contribution in [-0.4, -0.2) is 23.6 Å². The third kappa shape index (κ3) is 3.48. The fourth-order valence-corrected chi connectivity index (χ4v) is 5.10. The van der Waals surface area contributed by atoms with Gasteiger partial charge in [-0.25, -0.2) is 0 Å². The summed E-state index contributed by atoms with van der Waals surface area (Å²) in [6.45, 7) is 6.12. The largest absolute Gasteiger partial charge is 0.462 e. The van der Waals surface area contributed by atoms with Crippen LogP contribution in [0, 0.1) is 23.7 Å². The summed E-state index contributed by atoms with van der Waals surface area (Å²) < 4.78 is 11.7. The molecule has 4 nitrogen and oxygen atoms in total. The van der Waals surface area contributed by atoms with Crippen molar-refractivity contribution in [3.8, 4) is 0 Å². The van der Waals surface area contributed by atoms with Gasteiger partial charge in [0, 0.05) is 5.92 Å². The van der Waals surface area contributed by atoms with Gasteiger partial charge >= 0.3 is 11.9 Å². The minimum atomic E-state index is -0.263. The lowest BCUT2D eigenvalue weighted by Crippen LogP contribution is -2.38. The van der Waals surface area contributed by atoms with Crippen molar-refractivity contribution < 1.29 is 19.1 Å². The Balaban J connectivity index is 1.59. The Hall–Kier alpha value is -1.06. The number of rotatable bonds is 6. The van der Waals surface area contributed by atoms with Gasteiger partial charge < -0.3 is 9.47 Å². The van der Waals surface area contributed by atoms with Crippen molar-refractivity contribution in [2.24, 2.45) is 23.7 Å². The van der Waals surface area contributed by atoms with E-state index in [1.165, 1.54) is 0 Å². The van der Waals surface area contributed by atoms with E-state index in [2.05, 4.69) is 6.92 Å². The summed E-state index contributed by atoms with van der Waals surface area (Å²) in [5, 5.41) is 0. The predicted octanol–water partition coefficient (Wildman–Crippen LogP) is 4.26. The summed E-state index contributed by atoms with van der Waals surface area (Å²) in [4.78, 5) is 25.0. The topological polar surface area (TPSA) is 52.6 Å². The highest BCUT2D eigenvalue weighted by Gasteiger charge is 2.52. The zero-order valence-corrected chi connectivity index (χ0v) is 15.4. The molecule has 3 saturated carbocycles. The van der Waals surface area contributed by atoms with Crippen molar-refractivity contribution in [2.75, 3.05) is 0 Å². The number of carbonyl (C=O) groups is 2. The van der Waals surface area contributed by atoms with Gasteiger partial charge in [-0.05, 0) is 70.6 Å². The Kier molecular flexibility index (Phi) is 5.22. The lowest BCUT2D eigenvalue weighted by molar-refractivity contribution is -0.171. The monoisotopic (exact) mass is 336 g/mol. The highest BCUT2D eigenvalue weighted by Crippen LogP contribution is 2.51. The predicted molar refractivity (Wildman–Crippen MR) is 91.2 cm³/mol. The minimum Gasteiger partial charge on any atom is -0.462 e. The molecular formula is C20H32O4. The first-order valence-corrected chi connectivity index (χ1v) is 9.89. The maximum absolute atomic E-state index is 12.7. The van der Waals surface area contributed by atoms with Gasteiger partial charge in [0.05, 0.1) is 11.8 Å². The van der Waals surface area contributed by atoms with Gasteiger partial charge in [0.25, 0.3) is 0 Å². The second-order valence-electron chi connectivity index (χ2n) is 8.41. The van der Waals surface area contributed by atoms with Gasteiger partial charge in [0.2, 0.25) is 0 Å². The Morgan fingerprint density at radius 2 is 1.75 bits per heavy atom. The minimum absolute atomic E-state index is 0.00747. The smallest absolute Gasteiger partial charge is 0.309 e. The molecule has 3 fully saturated rings. The van der Waals surface area contributed by atoms with Gasteiger partial charge in [-0.2, -0.15) is 0 Å². The van der Waals surface area contributed by atoms with Crippen LogP contribution in [0.15, 0.2) is 0 Å².